The number of imide groups is 1. The smallest absolute Gasteiger partial charge is 0.286 e. The van der Waals surface area contributed by atoms with Crippen LogP contribution in [0.1, 0.15) is 28.1 Å². The third kappa shape index (κ3) is 4.99. The van der Waals surface area contributed by atoms with Gasteiger partial charge in [0.05, 0.1) is 16.3 Å². The summed E-state index contributed by atoms with van der Waals surface area (Å²) in [6, 6.07) is 15.1. The average Bonchev–Trinajstić information content (AvgIpc) is 3.37. The van der Waals surface area contributed by atoms with Gasteiger partial charge < -0.3 is 19.1 Å². The molecule has 1 saturated heterocycles. The van der Waals surface area contributed by atoms with E-state index in [9.17, 15) is 14.7 Å². The zero-order valence-corrected chi connectivity index (χ0v) is 21.8. The van der Waals surface area contributed by atoms with Crippen LogP contribution < -0.4 is 14.8 Å². The molecule has 37 heavy (non-hydrogen) atoms. The molecule has 2 N–H and O–H groups in total. The van der Waals surface area contributed by atoms with Crippen LogP contribution in [0.4, 0.5) is 4.79 Å². The molecule has 0 aliphatic carbocycles. The number of aryl methyl sites for hydroxylation is 2. The lowest BCUT2D eigenvalue weighted by molar-refractivity contribution is -0.118. The van der Waals surface area contributed by atoms with Crippen molar-refractivity contribution in [3.05, 3.63) is 76.6 Å². The minimum atomic E-state index is -0.390. The summed E-state index contributed by atoms with van der Waals surface area (Å²) >= 11 is 1.03. The molecule has 5 rings (SSSR count). The van der Waals surface area contributed by atoms with Crippen LogP contribution in [-0.2, 0) is 24.9 Å². The van der Waals surface area contributed by atoms with E-state index in [4.69, 9.17) is 14.5 Å². The SMILES string of the molecule is Cc1cc(Oc2ccc3nc(COc4ccc(CC5SC(=O)NC5=O)cc4)n(C)c3c2)c(C)c(C)c1O. The molecule has 0 bridgehead atoms. The topological polar surface area (TPSA) is 103 Å². The number of ether oxygens (including phenoxy) is 2. The maximum Gasteiger partial charge on any atom is 0.286 e. The Bertz CT molecular complexity index is 1530. The molecular formula is C28H27N3O5S. The lowest BCUT2D eigenvalue weighted by atomic mass is 10.0. The van der Waals surface area contributed by atoms with Crippen LogP contribution >= 0.6 is 11.8 Å². The van der Waals surface area contributed by atoms with Crippen molar-refractivity contribution in [2.45, 2.75) is 39.0 Å². The van der Waals surface area contributed by atoms with E-state index in [1.165, 1.54) is 0 Å². The van der Waals surface area contributed by atoms with Gasteiger partial charge in [0.25, 0.3) is 5.24 Å². The summed E-state index contributed by atoms with van der Waals surface area (Å²) < 4.78 is 14.1. The molecule has 1 aromatic heterocycles. The second-order valence-electron chi connectivity index (χ2n) is 9.15. The van der Waals surface area contributed by atoms with Crippen molar-refractivity contribution >= 4 is 33.9 Å². The van der Waals surface area contributed by atoms with Crippen LogP contribution in [0.2, 0.25) is 0 Å². The van der Waals surface area contributed by atoms with E-state index in [0.29, 0.717) is 29.4 Å². The molecule has 8 nitrogen and oxygen atoms in total. The first kappa shape index (κ1) is 24.7. The zero-order chi connectivity index (χ0) is 26.3. The highest BCUT2D eigenvalue weighted by Gasteiger charge is 2.31. The molecule has 190 valence electrons. The van der Waals surface area contributed by atoms with Crippen molar-refractivity contribution in [2.75, 3.05) is 0 Å². The second-order valence-corrected chi connectivity index (χ2v) is 10.3. The van der Waals surface area contributed by atoms with Crippen molar-refractivity contribution < 1.29 is 24.2 Å². The van der Waals surface area contributed by atoms with Crippen molar-refractivity contribution in [1.29, 1.82) is 0 Å². The Labute approximate surface area is 218 Å². The van der Waals surface area contributed by atoms with Crippen LogP contribution in [0.25, 0.3) is 11.0 Å². The summed E-state index contributed by atoms with van der Waals surface area (Å²) in [5.41, 5.74) is 5.18. The summed E-state index contributed by atoms with van der Waals surface area (Å²) in [7, 11) is 1.94. The summed E-state index contributed by atoms with van der Waals surface area (Å²) in [6.07, 6.45) is 0.487. The van der Waals surface area contributed by atoms with Gasteiger partial charge >= 0.3 is 0 Å². The van der Waals surface area contributed by atoms with Crippen molar-refractivity contribution in [3.8, 4) is 23.0 Å². The third-order valence-corrected chi connectivity index (χ3v) is 7.64. The molecule has 1 unspecified atom stereocenters. The highest BCUT2D eigenvalue weighted by atomic mass is 32.2. The normalized spacial score (nSPS) is 15.3. The molecule has 9 heteroatoms. The number of aromatic hydroxyl groups is 1. The maximum absolute atomic E-state index is 11.8. The van der Waals surface area contributed by atoms with Crippen molar-refractivity contribution in [2.24, 2.45) is 7.05 Å². The first-order valence-corrected chi connectivity index (χ1v) is 12.7. The fourth-order valence-electron chi connectivity index (χ4n) is 4.29. The van der Waals surface area contributed by atoms with E-state index in [1.54, 1.807) is 0 Å². The summed E-state index contributed by atoms with van der Waals surface area (Å²) in [5.74, 6) is 2.90. The highest BCUT2D eigenvalue weighted by molar-refractivity contribution is 8.15. The fraction of sp³-hybridized carbons (Fsp3) is 0.250. The molecule has 1 fully saturated rings. The van der Waals surface area contributed by atoms with Gasteiger partial charge in [0.1, 0.15) is 35.4 Å². The number of aromatic nitrogens is 2. The number of benzene rings is 3. The van der Waals surface area contributed by atoms with Crippen LogP contribution in [0, 0.1) is 20.8 Å². The molecular weight excluding hydrogens is 490 g/mol. The number of amides is 2. The Morgan fingerprint density at radius 2 is 1.76 bits per heavy atom. The minimum absolute atomic E-state index is 0.242. The Kier molecular flexibility index (Phi) is 6.55. The van der Waals surface area contributed by atoms with Gasteiger partial charge in [-0.25, -0.2) is 4.98 Å². The number of rotatable bonds is 7. The molecule has 0 spiro atoms. The molecule has 2 heterocycles. The van der Waals surface area contributed by atoms with Gasteiger partial charge in [-0.1, -0.05) is 23.9 Å². The molecule has 1 aliphatic heterocycles. The number of hydrogen-bond acceptors (Lipinski definition) is 7. The highest BCUT2D eigenvalue weighted by Crippen LogP contribution is 2.35. The van der Waals surface area contributed by atoms with Crippen LogP contribution in [0.5, 0.6) is 23.0 Å². The average molecular weight is 518 g/mol. The number of phenolic OH excluding ortho intramolecular Hbond substituents is 1. The van der Waals surface area contributed by atoms with Gasteiger partial charge in [0, 0.05) is 13.1 Å². The largest absolute Gasteiger partial charge is 0.507 e. The van der Waals surface area contributed by atoms with E-state index in [2.05, 4.69) is 5.32 Å². The van der Waals surface area contributed by atoms with E-state index in [-0.39, 0.29) is 23.0 Å². The Hall–Kier alpha value is -3.98. The molecule has 2 amide bonds. The number of nitrogens with zero attached hydrogens (tertiary/aromatic N) is 2. The Morgan fingerprint density at radius 3 is 2.46 bits per heavy atom. The fourth-order valence-corrected chi connectivity index (χ4v) is 5.15. The monoisotopic (exact) mass is 517 g/mol. The summed E-state index contributed by atoms with van der Waals surface area (Å²) in [5, 5.41) is 11.8. The number of fused-ring (bicyclic) bond motifs is 1. The van der Waals surface area contributed by atoms with E-state index in [1.807, 2.05) is 80.9 Å². The van der Waals surface area contributed by atoms with Crippen molar-refractivity contribution in [3.63, 3.8) is 0 Å². The number of carbonyl (C=O) groups excluding carboxylic acids is 2. The molecule has 0 radical (unpaired) electrons. The molecule has 1 atom stereocenters. The molecule has 3 aromatic carbocycles. The first-order chi connectivity index (χ1) is 17.7. The number of carbonyl (C=O) groups is 2. The van der Waals surface area contributed by atoms with Crippen LogP contribution in [0.3, 0.4) is 0 Å². The number of imidazole rings is 1. The maximum atomic E-state index is 11.8. The number of thioether (sulfide) groups is 1. The lowest BCUT2D eigenvalue weighted by Crippen LogP contribution is -2.25. The van der Waals surface area contributed by atoms with Crippen LogP contribution in [0.15, 0.2) is 48.5 Å². The number of phenols is 1. The Balaban J connectivity index is 1.27. The van der Waals surface area contributed by atoms with Gasteiger partial charge in [-0.05, 0) is 79.8 Å². The standard InChI is InChI=1S/C28H27N3O5S/c1-15-11-23(16(2)17(3)26(15)32)36-20-9-10-21-22(13-20)31(4)25(29-21)14-35-19-7-5-18(6-8-19)12-24-27(33)30-28(34)37-24/h5-11,13,24,32H,12,14H2,1-4H3,(H,30,33,34). The zero-order valence-electron chi connectivity index (χ0n) is 21.0. The summed E-state index contributed by atoms with van der Waals surface area (Å²) in [4.78, 5) is 27.8. The van der Waals surface area contributed by atoms with E-state index in [0.717, 1.165) is 50.9 Å². The number of nitrogens with one attached hydrogen (secondary N) is 1. The van der Waals surface area contributed by atoms with E-state index < -0.39 is 0 Å². The molecule has 1 aliphatic rings. The molecule has 0 saturated carbocycles. The first-order valence-electron chi connectivity index (χ1n) is 11.9. The lowest BCUT2D eigenvalue weighted by Gasteiger charge is -2.14. The van der Waals surface area contributed by atoms with Gasteiger partial charge in [0.2, 0.25) is 5.91 Å². The van der Waals surface area contributed by atoms with Crippen LogP contribution in [-0.4, -0.2) is 31.1 Å². The van der Waals surface area contributed by atoms with E-state index >= 15 is 0 Å². The third-order valence-electron chi connectivity index (χ3n) is 6.66. The second kappa shape index (κ2) is 9.82. The predicted octanol–water partition coefficient (Wildman–Crippen LogP) is 5.47. The number of hydrogen-bond donors (Lipinski definition) is 2. The summed E-state index contributed by atoms with van der Waals surface area (Å²) in [6.45, 7) is 5.95. The Morgan fingerprint density at radius 1 is 1.03 bits per heavy atom. The minimum Gasteiger partial charge on any atom is -0.507 e. The van der Waals surface area contributed by atoms with Crippen molar-refractivity contribution in [1.82, 2.24) is 14.9 Å². The van der Waals surface area contributed by atoms with Gasteiger partial charge in [-0.15, -0.1) is 0 Å². The van der Waals surface area contributed by atoms with Gasteiger partial charge in [-0.3, -0.25) is 14.9 Å². The van der Waals surface area contributed by atoms with Gasteiger partial charge in [-0.2, -0.15) is 0 Å². The van der Waals surface area contributed by atoms with Gasteiger partial charge in [0.15, 0.2) is 0 Å². The quantitative estimate of drug-likeness (QED) is 0.335. The predicted molar refractivity (Wildman–Crippen MR) is 143 cm³/mol. The molecule has 4 aromatic rings.